The smallest absolute Gasteiger partial charge is 0.421 e. The van der Waals surface area contributed by atoms with Crippen molar-refractivity contribution in [2.75, 3.05) is 36.0 Å². The molecule has 14 nitrogen and oxygen atoms in total. The number of imidazole rings is 2. The third-order valence-electron chi connectivity index (χ3n) is 6.51. The number of rotatable bonds is 6. The second-order valence-corrected chi connectivity index (χ2v) is 10.3. The van der Waals surface area contributed by atoms with E-state index in [0.29, 0.717) is 0 Å². The quantitative estimate of drug-likeness (QED) is 0.148. The molecule has 1 saturated heterocycles. The second-order valence-electron chi connectivity index (χ2n) is 9.46. The number of aryl methyl sites for hydroxylation is 4. The lowest BCUT2D eigenvalue weighted by atomic mass is 10.2. The molecule has 5 rings (SSSR count). The lowest BCUT2D eigenvalue weighted by Crippen LogP contribution is -2.46. The summed E-state index contributed by atoms with van der Waals surface area (Å²) in [6, 6.07) is 16.6. The minimum Gasteiger partial charge on any atom is -0.759 e. The number of hydrogen-bond donors (Lipinski definition) is 0. The molecule has 0 atom stereocenters. The molecular weight excluding hydrogens is 548 g/mol. The van der Waals surface area contributed by atoms with E-state index in [4.69, 9.17) is 17.5 Å². The number of benzene rings is 2. The summed E-state index contributed by atoms with van der Waals surface area (Å²) in [5.41, 5.74) is 4.11. The fourth-order valence-electron chi connectivity index (χ4n) is 4.33. The predicted octanol–water partition coefficient (Wildman–Crippen LogP) is 2.83. The van der Waals surface area contributed by atoms with Gasteiger partial charge in [0.15, 0.2) is 0 Å². The molecular formula is C26H32N10O4S. The maximum atomic E-state index is 8.52. The molecule has 41 heavy (non-hydrogen) atoms. The summed E-state index contributed by atoms with van der Waals surface area (Å²) in [6.07, 6.45) is 7.84. The van der Waals surface area contributed by atoms with Crippen LogP contribution in [-0.4, -0.2) is 52.8 Å². The van der Waals surface area contributed by atoms with E-state index in [1.807, 2.05) is 95.5 Å². The Balaban J connectivity index is 0.000000714. The Morgan fingerprint density at radius 2 is 0.951 bits per heavy atom. The molecule has 1 aliphatic heterocycles. The van der Waals surface area contributed by atoms with E-state index < -0.39 is 10.4 Å². The minimum absolute atomic E-state index is 0.802. The molecule has 2 aromatic carbocycles. The van der Waals surface area contributed by atoms with Crippen LogP contribution in [0, 0.1) is 0 Å². The fraction of sp³-hybridized carbons (Fsp3) is 0.308. The first kappa shape index (κ1) is 29.5. The van der Waals surface area contributed by atoms with Crippen molar-refractivity contribution in [3.63, 3.8) is 0 Å². The first-order valence-electron chi connectivity index (χ1n) is 12.7. The van der Waals surface area contributed by atoms with Crippen LogP contribution in [0.3, 0.4) is 0 Å². The van der Waals surface area contributed by atoms with Gasteiger partial charge in [-0.05, 0) is 48.5 Å². The Morgan fingerprint density at radius 3 is 1.22 bits per heavy atom. The van der Waals surface area contributed by atoms with Crippen LogP contribution in [0.15, 0.2) is 93.8 Å². The molecule has 3 heterocycles. The molecule has 15 heteroatoms. The van der Waals surface area contributed by atoms with Gasteiger partial charge in [-0.25, -0.2) is 18.3 Å². The number of nitrogens with zero attached hydrogens (tertiary/aromatic N) is 10. The van der Waals surface area contributed by atoms with E-state index in [2.05, 4.69) is 54.5 Å². The Hall–Kier alpha value is -4.47. The third-order valence-corrected chi connectivity index (χ3v) is 6.51. The zero-order valence-corrected chi connectivity index (χ0v) is 24.1. The highest BCUT2D eigenvalue weighted by molar-refractivity contribution is 7.79. The van der Waals surface area contributed by atoms with Crippen LogP contribution >= 0.6 is 0 Å². The maximum absolute atomic E-state index is 8.52. The summed E-state index contributed by atoms with van der Waals surface area (Å²) in [5, 5.41) is 17.5. The second kappa shape index (κ2) is 12.8. The zero-order chi connectivity index (χ0) is 29.6. The predicted molar refractivity (Wildman–Crippen MR) is 149 cm³/mol. The summed E-state index contributed by atoms with van der Waals surface area (Å²) in [6.45, 7) is 3.86. The van der Waals surface area contributed by atoms with Crippen molar-refractivity contribution in [3.8, 4) is 0 Å². The van der Waals surface area contributed by atoms with E-state index in [0.717, 1.165) is 49.5 Å². The third kappa shape index (κ3) is 8.26. The molecule has 0 bridgehead atoms. The van der Waals surface area contributed by atoms with Crippen molar-refractivity contribution >= 4 is 45.0 Å². The lowest BCUT2D eigenvalue weighted by molar-refractivity contribution is -0.657. The van der Waals surface area contributed by atoms with Crippen LogP contribution < -0.4 is 18.9 Å². The van der Waals surface area contributed by atoms with E-state index in [-0.39, 0.29) is 0 Å². The number of piperazine rings is 1. The average molecular weight is 581 g/mol. The molecule has 0 spiro atoms. The highest BCUT2D eigenvalue weighted by Gasteiger charge is 2.18. The van der Waals surface area contributed by atoms with Crippen LogP contribution in [0.1, 0.15) is 0 Å². The van der Waals surface area contributed by atoms with Gasteiger partial charge in [-0.3, -0.25) is 8.42 Å². The standard InChI is InChI=1S/C26H32N10.H2O4S/c1-31-13-14-32(2)25(31)29-27-21-5-9-23(10-6-21)35-17-19-36(20-18-35)24-11-7-22(8-12-24)28-30-26-33(3)15-16-34(26)4;1-5(2,3)4/h5-16H,17-20H2,1-4H3;(H2,1,2,3,4)/q+2;/p-2. The van der Waals surface area contributed by atoms with Gasteiger partial charge in [0, 0.05) is 58.2 Å². The first-order valence-corrected chi connectivity index (χ1v) is 14.0. The Labute approximate surface area is 238 Å². The lowest BCUT2D eigenvalue weighted by Gasteiger charge is -2.37. The van der Waals surface area contributed by atoms with Gasteiger partial charge in [-0.1, -0.05) is 10.2 Å². The normalized spacial score (nSPS) is 14.1. The van der Waals surface area contributed by atoms with Crippen LogP contribution in [-0.2, 0) is 38.6 Å². The van der Waals surface area contributed by atoms with Crippen LogP contribution in [0.2, 0.25) is 0 Å². The number of azo groups is 2. The monoisotopic (exact) mass is 580 g/mol. The molecule has 1 fully saturated rings. The van der Waals surface area contributed by atoms with E-state index in [1.165, 1.54) is 11.4 Å². The Morgan fingerprint density at radius 1 is 0.634 bits per heavy atom. The van der Waals surface area contributed by atoms with Crippen molar-refractivity contribution in [3.05, 3.63) is 73.3 Å². The molecule has 4 aromatic rings. The molecule has 0 amide bonds. The minimum atomic E-state index is -5.17. The van der Waals surface area contributed by atoms with E-state index in [1.54, 1.807) is 0 Å². The van der Waals surface area contributed by atoms with Crippen LogP contribution in [0.25, 0.3) is 0 Å². The van der Waals surface area contributed by atoms with Crippen LogP contribution in [0.4, 0.5) is 34.6 Å². The van der Waals surface area contributed by atoms with Gasteiger partial charge in [0.2, 0.25) is 0 Å². The van der Waals surface area contributed by atoms with Crippen molar-refractivity contribution in [1.29, 1.82) is 0 Å². The summed E-state index contributed by atoms with van der Waals surface area (Å²) < 4.78 is 41.9. The van der Waals surface area contributed by atoms with Crippen molar-refractivity contribution in [2.45, 2.75) is 0 Å². The van der Waals surface area contributed by atoms with Crippen LogP contribution in [0.5, 0.6) is 0 Å². The van der Waals surface area contributed by atoms with E-state index in [9.17, 15) is 0 Å². The summed E-state index contributed by atoms with van der Waals surface area (Å²) in [4.78, 5) is 4.83. The van der Waals surface area contributed by atoms with Gasteiger partial charge >= 0.3 is 11.9 Å². The highest BCUT2D eigenvalue weighted by Crippen LogP contribution is 2.25. The fourth-order valence-corrected chi connectivity index (χ4v) is 4.33. The Bertz CT molecular complexity index is 1460. The average Bonchev–Trinajstić information content (AvgIpc) is 3.44. The molecule has 216 valence electrons. The zero-order valence-electron chi connectivity index (χ0n) is 23.3. The number of aromatic nitrogens is 4. The SMILES string of the molecule is Cn1cc[n+](C)c1N=Nc1ccc(N2CCN(c3ccc(N=Nc4n(C)cc[n+]4C)cc3)CC2)cc1.O=S(=O)([O-])[O-]. The van der Waals surface area contributed by atoms with Crippen molar-refractivity contribution < 1.29 is 26.7 Å². The molecule has 0 aliphatic carbocycles. The topological polar surface area (TPSA) is 154 Å². The summed E-state index contributed by atoms with van der Waals surface area (Å²) in [7, 11) is 2.68. The summed E-state index contributed by atoms with van der Waals surface area (Å²) >= 11 is 0. The van der Waals surface area contributed by atoms with Gasteiger partial charge in [-0.15, -0.1) is 0 Å². The molecule has 0 saturated carbocycles. The highest BCUT2D eigenvalue weighted by atomic mass is 32.3. The number of hydrogen-bond acceptors (Lipinski definition) is 10. The molecule has 0 unspecified atom stereocenters. The van der Waals surface area contributed by atoms with Crippen molar-refractivity contribution in [2.24, 2.45) is 48.6 Å². The molecule has 0 N–H and O–H groups in total. The largest absolute Gasteiger partial charge is 0.759 e. The number of anilines is 2. The molecule has 2 aromatic heterocycles. The molecule has 1 aliphatic rings. The van der Waals surface area contributed by atoms with Gasteiger partial charge < -0.3 is 18.9 Å². The van der Waals surface area contributed by atoms with Gasteiger partial charge in [0.1, 0.15) is 11.4 Å². The first-order chi connectivity index (χ1) is 19.5. The van der Waals surface area contributed by atoms with Gasteiger partial charge in [0.05, 0.1) is 53.0 Å². The maximum Gasteiger partial charge on any atom is 0.421 e. The summed E-state index contributed by atoms with van der Waals surface area (Å²) in [5.74, 6) is 1.60. The van der Waals surface area contributed by atoms with Crippen molar-refractivity contribution in [1.82, 2.24) is 9.13 Å². The Kier molecular flexibility index (Phi) is 9.21. The molecule has 0 radical (unpaired) electrons. The van der Waals surface area contributed by atoms with E-state index >= 15 is 0 Å². The van der Waals surface area contributed by atoms with Gasteiger partial charge in [-0.2, -0.15) is 0 Å². The van der Waals surface area contributed by atoms with Gasteiger partial charge in [0.25, 0.3) is 0 Å².